The molecular formula is C17H17N2OS+. The average Bonchev–Trinajstić information content (AvgIpc) is 3.13. The van der Waals surface area contributed by atoms with Crippen molar-refractivity contribution in [2.45, 2.75) is 19.8 Å². The van der Waals surface area contributed by atoms with Crippen molar-refractivity contribution < 1.29 is 9.78 Å². The lowest BCUT2D eigenvalue weighted by Gasteiger charge is -2.12. The van der Waals surface area contributed by atoms with Gasteiger partial charge in [0.1, 0.15) is 0 Å². The Morgan fingerprint density at radius 1 is 1.14 bits per heavy atom. The summed E-state index contributed by atoms with van der Waals surface area (Å²) in [5.41, 5.74) is 2.37. The molecule has 1 fully saturated rings. The van der Waals surface area contributed by atoms with Crippen LogP contribution in [0.2, 0.25) is 0 Å². The number of carbonyl (C=O) groups is 1. The second kappa shape index (κ2) is 4.81. The molecule has 1 saturated heterocycles. The number of nitrogens with zero attached hydrogens (tertiary/aromatic N) is 1. The highest BCUT2D eigenvalue weighted by Crippen LogP contribution is 2.27. The topological polar surface area (TPSA) is 34.5 Å². The van der Waals surface area contributed by atoms with Crippen LogP contribution in [0.15, 0.2) is 30.3 Å². The maximum atomic E-state index is 12.5. The van der Waals surface area contributed by atoms with Crippen molar-refractivity contribution in [1.29, 1.82) is 0 Å². The van der Waals surface area contributed by atoms with Gasteiger partial charge in [0.25, 0.3) is 10.7 Å². The Labute approximate surface area is 127 Å². The molecule has 1 aliphatic rings. The molecule has 1 aromatic carbocycles. The molecule has 2 aromatic heterocycles. The monoisotopic (exact) mass is 297 g/mol. The van der Waals surface area contributed by atoms with E-state index in [0.29, 0.717) is 0 Å². The van der Waals surface area contributed by atoms with Crippen LogP contribution in [0.3, 0.4) is 0 Å². The number of aryl methyl sites for hydroxylation is 1. The van der Waals surface area contributed by atoms with E-state index in [0.717, 1.165) is 46.5 Å². The van der Waals surface area contributed by atoms with E-state index < -0.39 is 0 Å². The first-order valence-electron chi connectivity index (χ1n) is 7.36. The fraction of sp³-hybridized carbons (Fsp3) is 0.294. The van der Waals surface area contributed by atoms with Crippen molar-refractivity contribution in [3.05, 3.63) is 40.8 Å². The predicted octanol–water partition coefficient (Wildman–Crippen LogP) is 3.41. The van der Waals surface area contributed by atoms with Gasteiger partial charge >= 0.3 is 0 Å². The number of amides is 1. The molecule has 4 rings (SSSR count). The highest BCUT2D eigenvalue weighted by Gasteiger charge is 2.22. The van der Waals surface area contributed by atoms with Gasteiger partial charge in [0, 0.05) is 24.5 Å². The minimum Gasteiger partial charge on any atom is -0.338 e. The number of thiophene rings is 1. The standard InChI is InChI=1S/C17H16N2OS/c1-11-4-5-12-9-13-10-15(17(20)19-6-2-3-7-19)21-16(13)18-14(12)8-11/h4-5,8-10H,2-3,6-7H2,1H3/p+1. The summed E-state index contributed by atoms with van der Waals surface area (Å²) in [6.45, 7) is 3.89. The minimum absolute atomic E-state index is 0.183. The zero-order chi connectivity index (χ0) is 14.4. The summed E-state index contributed by atoms with van der Waals surface area (Å²) in [5, 5.41) is 2.31. The molecular weight excluding hydrogens is 280 g/mol. The van der Waals surface area contributed by atoms with E-state index in [9.17, 15) is 4.79 Å². The molecule has 1 N–H and O–H groups in total. The van der Waals surface area contributed by atoms with Gasteiger partial charge in [-0.2, -0.15) is 4.98 Å². The number of likely N-dealkylation sites (tertiary alicyclic amines) is 1. The smallest absolute Gasteiger partial charge is 0.268 e. The van der Waals surface area contributed by atoms with Crippen molar-refractivity contribution in [2.75, 3.05) is 13.1 Å². The molecule has 0 unspecified atom stereocenters. The summed E-state index contributed by atoms with van der Waals surface area (Å²) >= 11 is 1.57. The first-order chi connectivity index (χ1) is 10.2. The number of carbonyl (C=O) groups excluding carboxylic acids is 1. The quantitative estimate of drug-likeness (QED) is 0.678. The summed E-state index contributed by atoms with van der Waals surface area (Å²) in [6, 6.07) is 10.6. The van der Waals surface area contributed by atoms with Crippen molar-refractivity contribution in [2.24, 2.45) is 0 Å². The molecule has 0 spiro atoms. The van der Waals surface area contributed by atoms with Crippen LogP contribution < -0.4 is 4.98 Å². The number of benzene rings is 1. The van der Waals surface area contributed by atoms with Crippen LogP contribution in [0.1, 0.15) is 28.1 Å². The molecule has 0 atom stereocenters. The highest BCUT2D eigenvalue weighted by atomic mass is 32.1. The Morgan fingerprint density at radius 3 is 2.76 bits per heavy atom. The van der Waals surface area contributed by atoms with Crippen LogP contribution in [0.25, 0.3) is 21.1 Å². The maximum Gasteiger partial charge on any atom is 0.268 e. The van der Waals surface area contributed by atoms with Gasteiger partial charge in [0.15, 0.2) is 0 Å². The van der Waals surface area contributed by atoms with Crippen LogP contribution in [-0.2, 0) is 0 Å². The number of aromatic nitrogens is 1. The predicted molar refractivity (Wildman–Crippen MR) is 85.8 cm³/mol. The van der Waals surface area contributed by atoms with Gasteiger partial charge in [-0.3, -0.25) is 4.79 Å². The van der Waals surface area contributed by atoms with Gasteiger partial charge in [-0.25, -0.2) is 0 Å². The molecule has 1 aliphatic heterocycles. The Morgan fingerprint density at radius 2 is 1.95 bits per heavy atom. The fourth-order valence-electron chi connectivity index (χ4n) is 2.99. The number of hydrogen-bond acceptors (Lipinski definition) is 2. The summed E-state index contributed by atoms with van der Waals surface area (Å²) in [4.78, 5) is 19.8. The van der Waals surface area contributed by atoms with Gasteiger partial charge in [0.05, 0.1) is 10.3 Å². The number of fused-ring (bicyclic) bond motifs is 2. The Hall–Kier alpha value is -1.94. The summed E-state index contributed by atoms with van der Waals surface area (Å²) in [7, 11) is 0. The number of H-pyrrole nitrogens is 1. The summed E-state index contributed by atoms with van der Waals surface area (Å²) < 4.78 is 0. The van der Waals surface area contributed by atoms with Crippen molar-refractivity contribution in [1.82, 2.24) is 4.90 Å². The van der Waals surface area contributed by atoms with Crippen LogP contribution >= 0.6 is 11.3 Å². The molecule has 3 nitrogen and oxygen atoms in total. The van der Waals surface area contributed by atoms with E-state index in [1.165, 1.54) is 10.9 Å². The summed E-state index contributed by atoms with van der Waals surface area (Å²) in [5.74, 6) is 0.183. The molecule has 3 heterocycles. The Kier molecular flexibility index (Phi) is 2.93. The molecule has 4 heteroatoms. The van der Waals surface area contributed by atoms with E-state index in [-0.39, 0.29) is 5.91 Å². The van der Waals surface area contributed by atoms with E-state index in [2.05, 4.69) is 36.2 Å². The maximum absolute atomic E-state index is 12.5. The largest absolute Gasteiger partial charge is 0.338 e. The van der Waals surface area contributed by atoms with Gasteiger partial charge in [-0.05, 0) is 43.5 Å². The second-order valence-electron chi connectivity index (χ2n) is 5.75. The summed E-state index contributed by atoms with van der Waals surface area (Å²) in [6.07, 6.45) is 2.26. The van der Waals surface area contributed by atoms with E-state index in [1.54, 1.807) is 11.3 Å². The molecule has 0 aliphatic carbocycles. The fourth-order valence-corrected chi connectivity index (χ4v) is 4.00. The third-order valence-electron chi connectivity index (χ3n) is 4.13. The molecule has 0 radical (unpaired) electrons. The molecule has 106 valence electrons. The van der Waals surface area contributed by atoms with Gasteiger partial charge in [-0.15, -0.1) is 0 Å². The Balaban J connectivity index is 1.81. The first-order valence-corrected chi connectivity index (χ1v) is 8.18. The van der Waals surface area contributed by atoms with Crippen LogP contribution in [0, 0.1) is 6.92 Å². The zero-order valence-corrected chi connectivity index (χ0v) is 12.8. The van der Waals surface area contributed by atoms with Gasteiger partial charge in [0.2, 0.25) is 5.52 Å². The van der Waals surface area contributed by atoms with Crippen LogP contribution in [0.4, 0.5) is 0 Å². The number of nitrogens with one attached hydrogen (secondary N) is 1. The zero-order valence-electron chi connectivity index (χ0n) is 12.0. The lowest BCUT2D eigenvalue weighted by molar-refractivity contribution is -0.307. The number of hydrogen-bond donors (Lipinski definition) is 0. The van der Waals surface area contributed by atoms with E-state index in [4.69, 9.17) is 0 Å². The number of pyridine rings is 1. The molecule has 21 heavy (non-hydrogen) atoms. The molecule has 3 aromatic rings. The number of rotatable bonds is 1. The third kappa shape index (κ3) is 2.20. The lowest BCUT2D eigenvalue weighted by atomic mass is 10.1. The van der Waals surface area contributed by atoms with Crippen molar-refractivity contribution >= 4 is 38.4 Å². The average molecular weight is 297 g/mol. The second-order valence-corrected chi connectivity index (χ2v) is 6.81. The van der Waals surface area contributed by atoms with Crippen LogP contribution in [-0.4, -0.2) is 23.9 Å². The molecule has 0 saturated carbocycles. The molecule has 0 bridgehead atoms. The van der Waals surface area contributed by atoms with Crippen LogP contribution in [0.5, 0.6) is 0 Å². The van der Waals surface area contributed by atoms with Gasteiger partial charge < -0.3 is 4.90 Å². The van der Waals surface area contributed by atoms with E-state index in [1.807, 2.05) is 11.0 Å². The lowest BCUT2D eigenvalue weighted by Crippen LogP contribution is -2.26. The third-order valence-corrected chi connectivity index (χ3v) is 5.19. The van der Waals surface area contributed by atoms with Crippen molar-refractivity contribution in [3.63, 3.8) is 0 Å². The van der Waals surface area contributed by atoms with Crippen molar-refractivity contribution in [3.8, 4) is 0 Å². The van der Waals surface area contributed by atoms with E-state index >= 15 is 0 Å². The highest BCUT2D eigenvalue weighted by molar-refractivity contribution is 7.20. The first kappa shape index (κ1) is 12.8. The molecule has 1 amide bonds. The SMILES string of the molecule is Cc1ccc2cc3cc(C(=O)N4CCCC4)sc3[nH+]c2c1. The Bertz CT molecular complexity index is 846. The number of aromatic amines is 1. The minimum atomic E-state index is 0.183. The normalized spacial score (nSPS) is 15.2. The van der Waals surface area contributed by atoms with Gasteiger partial charge in [-0.1, -0.05) is 17.4 Å².